The molecule has 0 aromatic carbocycles. The van der Waals surface area contributed by atoms with Crippen molar-refractivity contribution in [2.24, 2.45) is 5.92 Å². The first kappa shape index (κ1) is 23.5. The number of nitrogens with zero attached hydrogens (tertiary/aromatic N) is 2. The number of hydrogen-bond acceptors (Lipinski definition) is 5. The lowest BCUT2D eigenvalue weighted by Crippen LogP contribution is -2.52. The maximum atomic E-state index is 13.0. The first-order chi connectivity index (χ1) is 11.9. The van der Waals surface area contributed by atoms with Crippen molar-refractivity contribution in [3.63, 3.8) is 0 Å². The van der Waals surface area contributed by atoms with Crippen molar-refractivity contribution < 1.29 is 19.2 Å². The number of rotatable bonds is 6. The van der Waals surface area contributed by atoms with E-state index in [-0.39, 0.29) is 23.5 Å². The van der Waals surface area contributed by atoms with Gasteiger partial charge in [-0.1, -0.05) is 0 Å². The predicted octanol–water partition coefficient (Wildman–Crippen LogP) is 3.17. The number of hydrogen-bond donors (Lipinski definition) is 1. The van der Waals surface area contributed by atoms with E-state index < -0.39 is 17.0 Å². The highest BCUT2D eigenvalue weighted by Gasteiger charge is 2.39. The van der Waals surface area contributed by atoms with Crippen LogP contribution in [0.25, 0.3) is 0 Å². The van der Waals surface area contributed by atoms with Crippen LogP contribution in [0.15, 0.2) is 0 Å². The number of aliphatic hydroxyl groups excluding tert-OH is 1. The van der Waals surface area contributed by atoms with Crippen molar-refractivity contribution in [1.29, 1.82) is 0 Å². The van der Waals surface area contributed by atoms with E-state index in [0.717, 1.165) is 12.8 Å². The minimum atomic E-state index is -1.12. The molecule has 0 aliphatic carbocycles. The van der Waals surface area contributed by atoms with Crippen LogP contribution in [0.1, 0.15) is 67.7 Å². The fraction of sp³-hybridized carbons (Fsp3) is 0.947. The molecule has 1 fully saturated rings. The number of aliphatic hydroxyl groups is 1. The van der Waals surface area contributed by atoms with Crippen molar-refractivity contribution >= 4 is 17.5 Å². The van der Waals surface area contributed by atoms with E-state index in [4.69, 9.17) is 4.74 Å². The summed E-state index contributed by atoms with van der Waals surface area (Å²) in [4.78, 5) is 14.0. The van der Waals surface area contributed by atoms with Gasteiger partial charge in [-0.25, -0.2) is 4.79 Å². The molecule has 1 rings (SSSR count). The Morgan fingerprint density at radius 2 is 1.81 bits per heavy atom. The predicted molar refractivity (Wildman–Crippen MR) is 106 cm³/mol. The zero-order chi connectivity index (χ0) is 20.1. The highest BCUT2D eigenvalue weighted by Crippen LogP contribution is 2.30. The third-order valence-corrected chi connectivity index (χ3v) is 6.59. The van der Waals surface area contributed by atoms with Gasteiger partial charge in [0.15, 0.2) is 0 Å². The van der Waals surface area contributed by atoms with Gasteiger partial charge in [0.05, 0.1) is 6.04 Å². The Morgan fingerprint density at radius 3 is 2.23 bits per heavy atom. The summed E-state index contributed by atoms with van der Waals surface area (Å²) in [6.45, 7) is 15.7. The molecule has 1 heterocycles. The lowest BCUT2D eigenvalue weighted by molar-refractivity contribution is 0.0156. The van der Waals surface area contributed by atoms with Crippen LogP contribution in [-0.2, 0) is 16.1 Å². The van der Waals surface area contributed by atoms with Crippen molar-refractivity contribution in [1.82, 2.24) is 9.21 Å². The third kappa shape index (κ3) is 7.25. The van der Waals surface area contributed by atoms with Crippen molar-refractivity contribution in [3.8, 4) is 0 Å². The van der Waals surface area contributed by atoms with Gasteiger partial charge in [-0.05, 0) is 73.6 Å². The van der Waals surface area contributed by atoms with Gasteiger partial charge in [0.25, 0.3) is 0 Å². The standard InChI is InChI=1S/C19H38N2O4S/c1-15(21(11-8-14-22)26(24)19(5,6)7)16-9-12-20(13-10-16)17(23)25-18(2,3)4/h15-16,22H,8-14H2,1-7H3/t15?,26-/m0/s1. The summed E-state index contributed by atoms with van der Waals surface area (Å²) in [5.74, 6) is 0.374. The number of likely N-dealkylation sites (tertiary alicyclic amines) is 1. The van der Waals surface area contributed by atoms with E-state index >= 15 is 0 Å². The van der Waals surface area contributed by atoms with Crippen LogP contribution >= 0.6 is 0 Å². The van der Waals surface area contributed by atoms with Crippen molar-refractivity contribution in [2.75, 3.05) is 26.2 Å². The van der Waals surface area contributed by atoms with E-state index in [1.165, 1.54) is 0 Å². The topological polar surface area (TPSA) is 76.1 Å². The largest absolute Gasteiger partial charge is 0.597 e. The van der Waals surface area contributed by atoms with Gasteiger partial charge in [0.2, 0.25) is 0 Å². The minimum absolute atomic E-state index is 0.0989. The lowest BCUT2D eigenvalue weighted by atomic mass is 9.90. The molecular formula is C19H38N2O4S. The summed E-state index contributed by atoms with van der Waals surface area (Å²) in [6, 6.07) is 0.141. The molecule has 26 heavy (non-hydrogen) atoms. The second kappa shape index (κ2) is 9.62. The fourth-order valence-electron chi connectivity index (χ4n) is 3.14. The van der Waals surface area contributed by atoms with Crippen molar-refractivity contribution in [2.45, 2.75) is 84.1 Å². The maximum absolute atomic E-state index is 13.0. The van der Waals surface area contributed by atoms with Crippen LogP contribution in [-0.4, -0.2) is 67.6 Å². The zero-order valence-electron chi connectivity index (χ0n) is 17.6. The SMILES string of the molecule is CC(C1CCN(C(=O)OC(C)(C)C)CC1)N(CCCO)[S@@+]([O-])C(C)(C)C. The van der Waals surface area contributed by atoms with Crippen LogP contribution in [0.4, 0.5) is 4.79 Å². The number of carbonyl (C=O) groups excluding carboxylic acids is 1. The second-order valence-electron chi connectivity index (χ2n) is 9.12. The molecule has 0 aromatic rings. The number of carbonyl (C=O) groups is 1. The van der Waals surface area contributed by atoms with Gasteiger partial charge >= 0.3 is 6.09 Å². The number of amides is 1. The van der Waals surface area contributed by atoms with Crippen LogP contribution in [0, 0.1) is 5.92 Å². The molecule has 1 aliphatic heterocycles. The molecule has 1 amide bonds. The Hall–Kier alpha value is -0.500. The maximum Gasteiger partial charge on any atom is 0.410 e. The minimum Gasteiger partial charge on any atom is -0.597 e. The molecule has 0 bridgehead atoms. The Bertz CT molecular complexity index is 440. The van der Waals surface area contributed by atoms with Crippen LogP contribution in [0.2, 0.25) is 0 Å². The van der Waals surface area contributed by atoms with E-state index in [1.807, 2.05) is 45.8 Å². The molecule has 1 saturated heterocycles. The van der Waals surface area contributed by atoms with Crippen LogP contribution in [0.3, 0.4) is 0 Å². The highest BCUT2D eigenvalue weighted by atomic mass is 32.2. The summed E-state index contributed by atoms with van der Waals surface area (Å²) in [5.41, 5.74) is -0.480. The van der Waals surface area contributed by atoms with E-state index in [1.54, 1.807) is 4.90 Å². The normalized spacial score (nSPS) is 19.5. The van der Waals surface area contributed by atoms with E-state index in [9.17, 15) is 14.5 Å². The molecular weight excluding hydrogens is 352 g/mol. The van der Waals surface area contributed by atoms with Crippen molar-refractivity contribution in [3.05, 3.63) is 0 Å². The average molecular weight is 391 g/mol. The summed E-state index contributed by atoms with van der Waals surface area (Å²) >= 11 is -1.12. The smallest absolute Gasteiger partial charge is 0.410 e. The van der Waals surface area contributed by atoms with Gasteiger partial charge in [0, 0.05) is 37.6 Å². The summed E-state index contributed by atoms with van der Waals surface area (Å²) in [5, 5.41) is 9.20. The molecule has 7 heteroatoms. The highest BCUT2D eigenvalue weighted by molar-refractivity contribution is 7.90. The zero-order valence-corrected chi connectivity index (χ0v) is 18.4. The first-order valence-electron chi connectivity index (χ1n) is 9.64. The molecule has 1 aliphatic rings. The van der Waals surface area contributed by atoms with Gasteiger partial charge in [-0.15, -0.1) is 4.31 Å². The summed E-state index contributed by atoms with van der Waals surface area (Å²) in [7, 11) is 0. The Morgan fingerprint density at radius 1 is 1.27 bits per heavy atom. The summed E-state index contributed by atoms with van der Waals surface area (Å²) in [6.07, 6.45) is 2.11. The lowest BCUT2D eigenvalue weighted by Gasteiger charge is -2.41. The molecule has 2 atom stereocenters. The molecule has 1 N–H and O–H groups in total. The molecule has 0 radical (unpaired) electrons. The van der Waals surface area contributed by atoms with Gasteiger partial charge in [-0.2, -0.15) is 0 Å². The molecule has 6 nitrogen and oxygen atoms in total. The Balaban J connectivity index is 2.68. The average Bonchev–Trinajstić information content (AvgIpc) is 2.52. The fourth-order valence-corrected chi connectivity index (χ4v) is 4.61. The first-order valence-corrected chi connectivity index (χ1v) is 10.7. The molecule has 154 valence electrons. The quantitative estimate of drug-likeness (QED) is 0.705. The third-order valence-electron chi connectivity index (χ3n) is 4.60. The van der Waals surface area contributed by atoms with E-state index in [2.05, 4.69) is 6.92 Å². The number of piperidine rings is 1. The molecule has 0 saturated carbocycles. The number of ether oxygens (including phenoxy) is 1. The second-order valence-corrected chi connectivity index (χ2v) is 11.3. The monoisotopic (exact) mass is 390 g/mol. The molecule has 1 unspecified atom stereocenters. The van der Waals surface area contributed by atoms with E-state index in [0.29, 0.717) is 32.0 Å². The summed E-state index contributed by atoms with van der Waals surface area (Å²) < 4.78 is 20.1. The Kier molecular flexibility index (Phi) is 8.71. The van der Waals surface area contributed by atoms with Crippen LogP contribution in [0.5, 0.6) is 0 Å². The van der Waals surface area contributed by atoms with Gasteiger partial charge in [0.1, 0.15) is 10.3 Å². The Labute approximate surface area is 162 Å². The van der Waals surface area contributed by atoms with Gasteiger partial charge < -0.3 is 19.3 Å². The van der Waals surface area contributed by atoms with Crippen LogP contribution < -0.4 is 0 Å². The molecule has 0 spiro atoms. The molecule has 0 aromatic heterocycles. The van der Waals surface area contributed by atoms with Gasteiger partial charge in [-0.3, -0.25) is 0 Å².